The second-order valence-corrected chi connectivity index (χ2v) is 6.23. The lowest BCUT2D eigenvalue weighted by atomic mass is 9.98. The molecule has 2 N–H and O–H groups in total. The Kier molecular flexibility index (Phi) is 4.70. The fourth-order valence-corrected chi connectivity index (χ4v) is 3.24. The molecule has 0 saturated heterocycles. The molecule has 0 fully saturated rings. The van der Waals surface area contributed by atoms with E-state index in [1.165, 1.54) is 0 Å². The molecular weight excluding hydrogens is 338 g/mol. The summed E-state index contributed by atoms with van der Waals surface area (Å²) in [5.74, 6) is 2.39. The van der Waals surface area contributed by atoms with Crippen molar-refractivity contribution in [3.63, 3.8) is 0 Å². The molecule has 27 heavy (non-hydrogen) atoms. The molecule has 3 aromatic rings. The number of likely N-dealkylation sites (N-methyl/N-ethyl adjacent to an activating group) is 1. The monoisotopic (exact) mass is 359 g/mol. The van der Waals surface area contributed by atoms with Crippen LogP contribution in [0.15, 0.2) is 71.7 Å². The number of methoxy groups -OCH3 is 1. The van der Waals surface area contributed by atoms with Crippen LogP contribution in [0.3, 0.4) is 0 Å². The Morgan fingerprint density at radius 3 is 2.56 bits per heavy atom. The lowest BCUT2D eigenvalue weighted by Crippen LogP contribution is -2.26. The molecule has 2 aromatic heterocycles. The molecule has 1 aliphatic rings. The minimum atomic E-state index is 0.0465. The highest BCUT2D eigenvalue weighted by molar-refractivity contribution is 5.97. The molecule has 0 saturated carbocycles. The first kappa shape index (κ1) is 17.0. The lowest BCUT2D eigenvalue weighted by Gasteiger charge is -2.20. The minimum absolute atomic E-state index is 0.0465. The Morgan fingerprint density at radius 2 is 1.85 bits per heavy atom. The molecule has 0 aliphatic carbocycles. The van der Waals surface area contributed by atoms with Crippen LogP contribution >= 0.6 is 0 Å². The van der Waals surface area contributed by atoms with Gasteiger partial charge in [-0.2, -0.15) is 0 Å². The maximum Gasteiger partial charge on any atom is 0.163 e. The van der Waals surface area contributed by atoms with Crippen LogP contribution in [0.1, 0.15) is 11.6 Å². The van der Waals surface area contributed by atoms with Crippen molar-refractivity contribution in [2.75, 3.05) is 20.7 Å². The summed E-state index contributed by atoms with van der Waals surface area (Å²) in [4.78, 5) is 17.2. The van der Waals surface area contributed by atoms with E-state index in [0.717, 1.165) is 39.9 Å². The number of pyridine rings is 1. The van der Waals surface area contributed by atoms with E-state index < -0.39 is 0 Å². The third-order valence-corrected chi connectivity index (χ3v) is 4.59. The van der Waals surface area contributed by atoms with E-state index in [1.54, 1.807) is 19.5 Å². The molecule has 0 amide bonds. The summed E-state index contributed by atoms with van der Waals surface area (Å²) < 4.78 is 5.51. The van der Waals surface area contributed by atoms with E-state index >= 15 is 0 Å². The van der Waals surface area contributed by atoms with Crippen molar-refractivity contribution in [1.29, 1.82) is 0 Å². The van der Waals surface area contributed by atoms with Gasteiger partial charge in [0.1, 0.15) is 5.82 Å². The molecule has 1 aromatic carbocycles. The van der Waals surface area contributed by atoms with Gasteiger partial charge in [-0.05, 0) is 18.2 Å². The highest BCUT2D eigenvalue weighted by Crippen LogP contribution is 2.33. The highest BCUT2D eigenvalue weighted by atomic mass is 16.5. The van der Waals surface area contributed by atoms with Gasteiger partial charge in [0.2, 0.25) is 0 Å². The lowest BCUT2D eigenvalue weighted by molar-refractivity contribution is 0.308. The van der Waals surface area contributed by atoms with Crippen molar-refractivity contribution in [2.24, 2.45) is 4.99 Å². The fraction of sp³-hybridized carbons (Fsp3) is 0.190. The number of imidazole rings is 1. The maximum absolute atomic E-state index is 5.51. The van der Waals surface area contributed by atoms with E-state index in [-0.39, 0.29) is 5.92 Å². The normalized spacial score (nSPS) is 16.4. The molecule has 0 radical (unpaired) electrons. The number of rotatable bonds is 4. The van der Waals surface area contributed by atoms with Crippen LogP contribution in [-0.2, 0) is 4.74 Å². The van der Waals surface area contributed by atoms with Crippen molar-refractivity contribution in [3.05, 3.63) is 72.4 Å². The summed E-state index contributed by atoms with van der Waals surface area (Å²) in [6, 6.07) is 14.1. The van der Waals surface area contributed by atoms with Crippen LogP contribution in [0, 0.1) is 0 Å². The predicted octanol–water partition coefficient (Wildman–Crippen LogP) is 3.38. The molecule has 136 valence electrons. The largest absolute Gasteiger partial charge is 0.493 e. The van der Waals surface area contributed by atoms with Gasteiger partial charge < -0.3 is 15.0 Å². The number of hydrogen-bond donors (Lipinski definition) is 2. The molecule has 4 rings (SSSR count). The Bertz CT molecular complexity index is 976. The molecule has 1 unspecified atom stereocenters. The first-order valence-corrected chi connectivity index (χ1v) is 8.84. The van der Waals surface area contributed by atoms with Crippen LogP contribution in [-0.4, -0.2) is 41.5 Å². The first-order valence-electron chi connectivity index (χ1n) is 8.84. The topological polar surface area (TPSA) is 75.2 Å². The number of aromatic nitrogens is 3. The number of ether oxygens (including phenoxy) is 1. The number of aliphatic imine (C=N–C) groups is 1. The third kappa shape index (κ3) is 3.33. The highest BCUT2D eigenvalue weighted by Gasteiger charge is 2.24. The number of aromatic amines is 1. The summed E-state index contributed by atoms with van der Waals surface area (Å²) in [5, 5.41) is 3.08. The van der Waals surface area contributed by atoms with Crippen LogP contribution in [0.2, 0.25) is 0 Å². The van der Waals surface area contributed by atoms with Gasteiger partial charge >= 0.3 is 0 Å². The van der Waals surface area contributed by atoms with Gasteiger partial charge in [-0.1, -0.05) is 30.3 Å². The van der Waals surface area contributed by atoms with Crippen LogP contribution in [0.4, 0.5) is 0 Å². The summed E-state index contributed by atoms with van der Waals surface area (Å²) in [7, 11) is 3.51. The summed E-state index contributed by atoms with van der Waals surface area (Å²) in [6.07, 6.45) is 5.65. The molecule has 6 heteroatoms. The summed E-state index contributed by atoms with van der Waals surface area (Å²) in [6.45, 7) is 0.623. The van der Waals surface area contributed by atoms with Gasteiger partial charge in [0.25, 0.3) is 0 Å². The Labute approximate surface area is 158 Å². The molecule has 1 atom stereocenters. The van der Waals surface area contributed by atoms with Crippen molar-refractivity contribution in [3.8, 4) is 22.6 Å². The quantitative estimate of drug-likeness (QED) is 0.749. The summed E-state index contributed by atoms with van der Waals surface area (Å²) >= 11 is 0. The second kappa shape index (κ2) is 7.45. The Morgan fingerprint density at radius 1 is 1.07 bits per heavy atom. The summed E-state index contributed by atoms with van der Waals surface area (Å²) in [5.41, 5.74) is 4.00. The zero-order chi connectivity index (χ0) is 18.6. The van der Waals surface area contributed by atoms with Crippen LogP contribution in [0.5, 0.6) is 0 Å². The van der Waals surface area contributed by atoms with Crippen molar-refractivity contribution < 1.29 is 4.74 Å². The number of amidine groups is 1. The average molecular weight is 359 g/mol. The van der Waals surface area contributed by atoms with E-state index in [1.807, 2.05) is 49.5 Å². The van der Waals surface area contributed by atoms with E-state index in [9.17, 15) is 0 Å². The SMILES string of the molecule is CNC1=NCC(c2[nH]c(-c3ccccc3)nc2-c2ccncc2)C=C1OC. The molecule has 3 heterocycles. The zero-order valence-corrected chi connectivity index (χ0v) is 15.3. The van der Waals surface area contributed by atoms with Gasteiger partial charge in [0, 0.05) is 36.5 Å². The third-order valence-electron chi connectivity index (χ3n) is 4.59. The van der Waals surface area contributed by atoms with Gasteiger partial charge in [0.15, 0.2) is 11.6 Å². The van der Waals surface area contributed by atoms with E-state index in [0.29, 0.717) is 6.54 Å². The fourth-order valence-electron chi connectivity index (χ4n) is 3.24. The number of nitrogens with one attached hydrogen (secondary N) is 2. The minimum Gasteiger partial charge on any atom is -0.493 e. The Balaban J connectivity index is 1.81. The van der Waals surface area contributed by atoms with Crippen molar-refractivity contribution in [1.82, 2.24) is 20.3 Å². The number of H-pyrrole nitrogens is 1. The Hall–Kier alpha value is -3.41. The first-order chi connectivity index (χ1) is 13.3. The molecule has 6 nitrogen and oxygen atoms in total. The molecule has 1 aliphatic heterocycles. The van der Waals surface area contributed by atoms with Gasteiger partial charge in [-0.25, -0.2) is 4.98 Å². The van der Waals surface area contributed by atoms with Crippen molar-refractivity contribution in [2.45, 2.75) is 5.92 Å². The average Bonchev–Trinajstić information content (AvgIpc) is 3.20. The molecular formula is C21H21N5O. The van der Waals surface area contributed by atoms with Crippen LogP contribution in [0.25, 0.3) is 22.6 Å². The smallest absolute Gasteiger partial charge is 0.163 e. The predicted molar refractivity (Wildman–Crippen MR) is 106 cm³/mol. The standard InChI is InChI=1S/C21H21N5O/c1-22-21-17(27-2)12-16(13-24-21)19-18(14-8-10-23-11-9-14)25-20(26-19)15-6-4-3-5-7-15/h3-12,16H,13H2,1-2H3,(H,22,24)(H,25,26). The molecule has 0 bridgehead atoms. The molecule has 0 spiro atoms. The number of nitrogens with zero attached hydrogens (tertiary/aromatic N) is 3. The zero-order valence-electron chi connectivity index (χ0n) is 15.3. The van der Waals surface area contributed by atoms with E-state index in [4.69, 9.17) is 9.72 Å². The van der Waals surface area contributed by atoms with Gasteiger partial charge in [0.05, 0.1) is 25.0 Å². The number of benzene rings is 1. The van der Waals surface area contributed by atoms with Crippen LogP contribution < -0.4 is 5.32 Å². The maximum atomic E-state index is 5.51. The van der Waals surface area contributed by atoms with Gasteiger partial charge in [-0.15, -0.1) is 0 Å². The second-order valence-electron chi connectivity index (χ2n) is 6.23. The van der Waals surface area contributed by atoms with Crippen molar-refractivity contribution >= 4 is 5.84 Å². The number of hydrogen-bond acceptors (Lipinski definition) is 5. The number of dihydropyridines is 1. The van der Waals surface area contributed by atoms with E-state index in [2.05, 4.69) is 26.4 Å². The van der Waals surface area contributed by atoms with Gasteiger partial charge in [-0.3, -0.25) is 9.98 Å².